The summed E-state index contributed by atoms with van der Waals surface area (Å²) >= 11 is 0. The summed E-state index contributed by atoms with van der Waals surface area (Å²) in [6.07, 6.45) is 1.30. The molecule has 0 spiro atoms. The normalized spacial score (nSPS) is 17.3. The Bertz CT molecular complexity index is 840. The molecule has 2 fully saturated rings. The first kappa shape index (κ1) is 19.8. The molecular formula is C24H31N3O2. The van der Waals surface area contributed by atoms with Crippen LogP contribution in [0.5, 0.6) is 5.75 Å². The van der Waals surface area contributed by atoms with Crippen LogP contribution < -0.4 is 9.64 Å². The molecule has 2 aromatic rings. The predicted molar refractivity (Wildman–Crippen MR) is 117 cm³/mol. The summed E-state index contributed by atoms with van der Waals surface area (Å²) in [5.74, 6) is 1.14. The van der Waals surface area contributed by atoms with Crippen molar-refractivity contribution in [1.82, 2.24) is 9.80 Å². The zero-order valence-electron chi connectivity index (χ0n) is 17.5. The molecule has 1 amide bonds. The Morgan fingerprint density at radius 1 is 0.966 bits per heavy atom. The van der Waals surface area contributed by atoms with Crippen molar-refractivity contribution in [2.75, 3.05) is 44.2 Å². The summed E-state index contributed by atoms with van der Waals surface area (Å²) in [6, 6.07) is 16.5. The summed E-state index contributed by atoms with van der Waals surface area (Å²) in [7, 11) is 0. The van der Waals surface area contributed by atoms with Crippen molar-refractivity contribution in [2.45, 2.75) is 32.9 Å². The zero-order chi connectivity index (χ0) is 20.2. The highest BCUT2D eigenvalue weighted by atomic mass is 16.5. The minimum atomic E-state index is 0.170. The Labute approximate surface area is 173 Å². The van der Waals surface area contributed by atoms with E-state index in [0.29, 0.717) is 0 Å². The fourth-order valence-electron chi connectivity index (χ4n) is 3.98. The number of likely N-dealkylation sites (tertiary alicyclic amines) is 1. The van der Waals surface area contributed by atoms with Gasteiger partial charge in [0.25, 0.3) is 5.91 Å². The number of benzene rings is 2. The highest BCUT2D eigenvalue weighted by Gasteiger charge is 2.23. The van der Waals surface area contributed by atoms with Gasteiger partial charge in [-0.1, -0.05) is 24.3 Å². The molecule has 0 N–H and O–H groups in total. The predicted octanol–water partition coefficient (Wildman–Crippen LogP) is 3.64. The maximum absolute atomic E-state index is 12.5. The Balaban J connectivity index is 1.35. The Morgan fingerprint density at radius 2 is 1.72 bits per heavy atom. The maximum atomic E-state index is 12.5. The second-order valence-corrected chi connectivity index (χ2v) is 8.24. The van der Waals surface area contributed by atoms with Crippen LogP contribution in [0, 0.1) is 0 Å². The van der Waals surface area contributed by atoms with Gasteiger partial charge in [-0.05, 0) is 50.1 Å². The van der Waals surface area contributed by atoms with Gasteiger partial charge in [0.2, 0.25) is 0 Å². The Kier molecular flexibility index (Phi) is 6.05. The van der Waals surface area contributed by atoms with E-state index in [1.165, 1.54) is 11.3 Å². The van der Waals surface area contributed by atoms with Gasteiger partial charge in [0.15, 0.2) is 0 Å². The Hall–Kier alpha value is -2.53. The second-order valence-electron chi connectivity index (χ2n) is 8.24. The van der Waals surface area contributed by atoms with Gasteiger partial charge in [0, 0.05) is 51.4 Å². The highest BCUT2D eigenvalue weighted by Crippen LogP contribution is 2.30. The third kappa shape index (κ3) is 4.73. The monoisotopic (exact) mass is 393 g/mol. The lowest BCUT2D eigenvalue weighted by atomic mass is 10.1. The van der Waals surface area contributed by atoms with Gasteiger partial charge in [-0.2, -0.15) is 0 Å². The first-order valence-corrected chi connectivity index (χ1v) is 10.7. The summed E-state index contributed by atoms with van der Waals surface area (Å²) in [5, 5.41) is 0. The molecule has 2 saturated heterocycles. The van der Waals surface area contributed by atoms with E-state index in [9.17, 15) is 4.79 Å². The topological polar surface area (TPSA) is 36.0 Å². The standard InChI is InChI=1S/C24H31N3O2/c1-19(2)29-23-10-4-3-9-22(23)26-15-13-25(14-16-26)18-20-7-5-8-21(17-20)24(28)27-11-6-12-27/h3-5,7-10,17,19H,6,11-16,18H2,1-2H3. The number of hydrogen-bond acceptors (Lipinski definition) is 4. The number of hydrogen-bond donors (Lipinski definition) is 0. The molecule has 29 heavy (non-hydrogen) atoms. The first-order valence-electron chi connectivity index (χ1n) is 10.7. The van der Waals surface area contributed by atoms with Crippen molar-refractivity contribution in [3.8, 4) is 5.75 Å². The molecule has 154 valence electrons. The van der Waals surface area contributed by atoms with Gasteiger partial charge in [-0.3, -0.25) is 9.69 Å². The van der Waals surface area contributed by atoms with Crippen LogP contribution in [0.1, 0.15) is 36.2 Å². The second kappa shape index (κ2) is 8.87. The van der Waals surface area contributed by atoms with E-state index >= 15 is 0 Å². The van der Waals surface area contributed by atoms with Crippen LogP contribution in [0.15, 0.2) is 48.5 Å². The molecule has 0 aliphatic carbocycles. The van der Waals surface area contributed by atoms with Crippen LogP contribution in [0.2, 0.25) is 0 Å². The van der Waals surface area contributed by atoms with Gasteiger partial charge in [0.05, 0.1) is 11.8 Å². The molecule has 0 unspecified atom stereocenters. The maximum Gasteiger partial charge on any atom is 0.253 e. The van der Waals surface area contributed by atoms with E-state index in [1.54, 1.807) is 0 Å². The van der Waals surface area contributed by atoms with E-state index in [1.807, 2.05) is 23.1 Å². The van der Waals surface area contributed by atoms with E-state index in [0.717, 1.165) is 63.5 Å². The van der Waals surface area contributed by atoms with Gasteiger partial charge in [-0.15, -0.1) is 0 Å². The number of amides is 1. The first-order chi connectivity index (χ1) is 14.1. The number of rotatable bonds is 6. The number of nitrogens with zero attached hydrogens (tertiary/aromatic N) is 3. The van der Waals surface area contributed by atoms with Gasteiger partial charge in [0.1, 0.15) is 5.75 Å². The molecule has 2 aliphatic heterocycles. The average molecular weight is 394 g/mol. The van der Waals surface area contributed by atoms with Crippen LogP contribution in [-0.4, -0.2) is 61.1 Å². The molecule has 2 aliphatic rings. The van der Waals surface area contributed by atoms with Crippen LogP contribution in [0.3, 0.4) is 0 Å². The smallest absolute Gasteiger partial charge is 0.253 e. The number of para-hydroxylation sites is 2. The van der Waals surface area contributed by atoms with Gasteiger partial charge in [-0.25, -0.2) is 0 Å². The van der Waals surface area contributed by atoms with Crippen LogP contribution in [0.25, 0.3) is 0 Å². The molecule has 0 radical (unpaired) electrons. The fourth-order valence-corrected chi connectivity index (χ4v) is 3.98. The minimum absolute atomic E-state index is 0.170. The van der Waals surface area contributed by atoms with Crippen molar-refractivity contribution in [3.63, 3.8) is 0 Å². The fraction of sp³-hybridized carbons (Fsp3) is 0.458. The van der Waals surface area contributed by atoms with Crippen molar-refractivity contribution in [2.24, 2.45) is 0 Å². The van der Waals surface area contributed by atoms with Crippen molar-refractivity contribution < 1.29 is 9.53 Å². The minimum Gasteiger partial charge on any atom is -0.489 e. The summed E-state index contributed by atoms with van der Waals surface area (Å²) in [5.41, 5.74) is 3.22. The molecule has 0 saturated carbocycles. The molecule has 0 atom stereocenters. The summed E-state index contributed by atoms with van der Waals surface area (Å²) in [4.78, 5) is 19.3. The van der Waals surface area contributed by atoms with Crippen molar-refractivity contribution >= 4 is 11.6 Å². The number of carbonyl (C=O) groups excluding carboxylic acids is 1. The lowest BCUT2D eigenvalue weighted by Crippen LogP contribution is -2.46. The number of carbonyl (C=O) groups is 1. The summed E-state index contributed by atoms with van der Waals surface area (Å²) in [6.45, 7) is 10.8. The number of piperazine rings is 1. The van der Waals surface area contributed by atoms with Gasteiger partial charge < -0.3 is 14.5 Å². The van der Waals surface area contributed by atoms with Crippen LogP contribution in [-0.2, 0) is 6.54 Å². The highest BCUT2D eigenvalue weighted by molar-refractivity contribution is 5.94. The van der Waals surface area contributed by atoms with E-state index in [2.05, 4.69) is 54.0 Å². The molecule has 2 heterocycles. The molecule has 2 aromatic carbocycles. The molecule has 0 aromatic heterocycles. The molecule has 0 bridgehead atoms. The average Bonchev–Trinajstić information content (AvgIpc) is 2.68. The molecular weight excluding hydrogens is 362 g/mol. The van der Waals surface area contributed by atoms with E-state index in [4.69, 9.17) is 4.74 Å². The molecule has 5 heteroatoms. The molecule has 4 rings (SSSR count). The third-order valence-corrected chi connectivity index (χ3v) is 5.66. The number of anilines is 1. The lowest BCUT2D eigenvalue weighted by Gasteiger charge is -2.37. The number of ether oxygens (including phenoxy) is 1. The van der Waals surface area contributed by atoms with Crippen molar-refractivity contribution in [1.29, 1.82) is 0 Å². The molecule has 5 nitrogen and oxygen atoms in total. The van der Waals surface area contributed by atoms with Gasteiger partial charge >= 0.3 is 0 Å². The van der Waals surface area contributed by atoms with Crippen LogP contribution >= 0.6 is 0 Å². The zero-order valence-corrected chi connectivity index (χ0v) is 17.5. The quantitative estimate of drug-likeness (QED) is 0.751. The van der Waals surface area contributed by atoms with Crippen LogP contribution in [0.4, 0.5) is 5.69 Å². The largest absolute Gasteiger partial charge is 0.489 e. The Morgan fingerprint density at radius 3 is 2.41 bits per heavy atom. The lowest BCUT2D eigenvalue weighted by molar-refractivity contribution is 0.0651. The third-order valence-electron chi connectivity index (χ3n) is 5.66. The van der Waals surface area contributed by atoms with E-state index in [-0.39, 0.29) is 12.0 Å². The van der Waals surface area contributed by atoms with Crippen molar-refractivity contribution in [3.05, 3.63) is 59.7 Å². The van der Waals surface area contributed by atoms with E-state index < -0.39 is 0 Å². The SMILES string of the molecule is CC(C)Oc1ccccc1N1CCN(Cc2cccc(C(=O)N3CCC3)c2)CC1. The summed E-state index contributed by atoms with van der Waals surface area (Å²) < 4.78 is 6.00.